The summed E-state index contributed by atoms with van der Waals surface area (Å²) in [6.07, 6.45) is 2.86. The highest BCUT2D eigenvalue weighted by molar-refractivity contribution is 9.10. The molecule has 0 spiro atoms. The number of carbonyl (C=O) groups excluding carboxylic acids is 1. The van der Waals surface area contributed by atoms with Crippen LogP contribution in [0.15, 0.2) is 47.1 Å². The third-order valence-electron chi connectivity index (χ3n) is 3.52. The van der Waals surface area contributed by atoms with Gasteiger partial charge in [-0.3, -0.25) is 4.79 Å². The highest BCUT2D eigenvalue weighted by atomic mass is 79.9. The Morgan fingerprint density at radius 1 is 1.14 bits per heavy atom. The second-order valence-corrected chi connectivity index (χ2v) is 5.82. The van der Waals surface area contributed by atoms with Crippen molar-refractivity contribution in [2.45, 2.75) is 6.92 Å². The molecule has 21 heavy (non-hydrogen) atoms. The summed E-state index contributed by atoms with van der Waals surface area (Å²) in [5, 5.41) is 0. The van der Waals surface area contributed by atoms with E-state index in [1.807, 2.05) is 53.9 Å². The van der Waals surface area contributed by atoms with Crippen LogP contribution in [0.4, 0.5) is 0 Å². The molecule has 0 aliphatic heterocycles. The maximum Gasteiger partial charge on any atom is 0.167 e. The molecule has 2 aromatic heterocycles. The second kappa shape index (κ2) is 5.37. The monoisotopic (exact) mass is 343 g/mol. The number of hydrogen-bond donors (Lipinski definition) is 0. The van der Waals surface area contributed by atoms with Gasteiger partial charge in [0.25, 0.3) is 0 Å². The average Bonchev–Trinajstić information content (AvgIpc) is 2.84. The minimum Gasteiger partial charge on any atom is -0.496 e. The van der Waals surface area contributed by atoms with E-state index in [1.165, 1.54) is 0 Å². The first kappa shape index (κ1) is 13.9. The molecule has 0 aliphatic rings. The molecule has 4 heteroatoms. The Labute approximate surface area is 131 Å². The van der Waals surface area contributed by atoms with Gasteiger partial charge in [0.05, 0.1) is 12.8 Å². The van der Waals surface area contributed by atoms with Crippen molar-refractivity contribution < 1.29 is 9.53 Å². The van der Waals surface area contributed by atoms with Crippen LogP contribution in [0.2, 0.25) is 0 Å². The molecule has 0 fully saturated rings. The van der Waals surface area contributed by atoms with Crippen molar-refractivity contribution in [2.75, 3.05) is 7.11 Å². The Kier molecular flexibility index (Phi) is 3.55. The van der Waals surface area contributed by atoms with Gasteiger partial charge in [-0.05, 0) is 42.8 Å². The van der Waals surface area contributed by atoms with Crippen molar-refractivity contribution in [2.24, 2.45) is 0 Å². The van der Waals surface area contributed by atoms with Crippen LogP contribution in [0.25, 0.3) is 16.6 Å². The van der Waals surface area contributed by atoms with E-state index in [9.17, 15) is 4.79 Å². The van der Waals surface area contributed by atoms with E-state index in [0.717, 1.165) is 38.7 Å². The Morgan fingerprint density at radius 3 is 2.67 bits per heavy atom. The van der Waals surface area contributed by atoms with Gasteiger partial charge in [-0.15, -0.1) is 0 Å². The third-order valence-corrected chi connectivity index (χ3v) is 4.01. The average molecular weight is 344 g/mol. The number of carbonyl (C=O) groups is 1. The predicted molar refractivity (Wildman–Crippen MR) is 87.2 cm³/mol. The topological polar surface area (TPSA) is 30.7 Å². The molecule has 0 amide bonds. The molecule has 0 aliphatic carbocycles. The minimum absolute atomic E-state index is 0.630. The van der Waals surface area contributed by atoms with Gasteiger partial charge < -0.3 is 9.14 Å². The smallest absolute Gasteiger partial charge is 0.167 e. The van der Waals surface area contributed by atoms with Gasteiger partial charge in [0.1, 0.15) is 5.75 Å². The van der Waals surface area contributed by atoms with E-state index in [4.69, 9.17) is 4.74 Å². The molecule has 0 atom stereocenters. The molecular weight excluding hydrogens is 330 g/mol. The summed E-state index contributed by atoms with van der Waals surface area (Å²) in [4.78, 5) is 11.6. The van der Waals surface area contributed by atoms with Crippen molar-refractivity contribution in [3.8, 4) is 16.9 Å². The molecule has 3 nitrogen and oxygen atoms in total. The van der Waals surface area contributed by atoms with Crippen molar-refractivity contribution >= 4 is 27.7 Å². The van der Waals surface area contributed by atoms with Gasteiger partial charge in [0.15, 0.2) is 6.29 Å². The molecule has 3 rings (SSSR count). The van der Waals surface area contributed by atoms with Gasteiger partial charge in [-0.2, -0.15) is 0 Å². The predicted octanol–water partition coefficient (Wildman–Crippen LogP) is 4.50. The number of methoxy groups -OCH3 is 1. The normalized spacial score (nSPS) is 10.8. The van der Waals surface area contributed by atoms with Crippen LogP contribution in [-0.4, -0.2) is 17.8 Å². The Hall–Kier alpha value is -2.07. The van der Waals surface area contributed by atoms with Crippen LogP contribution in [0, 0.1) is 6.92 Å². The fourth-order valence-corrected chi connectivity index (χ4v) is 2.88. The van der Waals surface area contributed by atoms with E-state index in [0.29, 0.717) is 5.69 Å². The fraction of sp³-hybridized carbons (Fsp3) is 0.118. The molecule has 0 bridgehead atoms. The number of rotatable bonds is 3. The molecule has 0 radical (unpaired) electrons. The number of pyridine rings is 1. The molecule has 106 valence electrons. The van der Waals surface area contributed by atoms with Crippen molar-refractivity contribution in [3.05, 3.63) is 58.3 Å². The van der Waals surface area contributed by atoms with Gasteiger partial charge in [0.2, 0.25) is 0 Å². The van der Waals surface area contributed by atoms with Crippen LogP contribution < -0.4 is 4.74 Å². The number of aryl methyl sites for hydroxylation is 1. The Morgan fingerprint density at radius 2 is 1.95 bits per heavy atom. The van der Waals surface area contributed by atoms with E-state index in [1.54, 1.807) is 7.11 Å². The Balaban J connectivity index is 2.35. The molecule has 1 aromatic carbocycles. The zero-order valence-corrected chi connectivity index (χ0v) is 13.3. The molecule has 0 unspecified atom stereocenters. The first-order valence-corrected chi connectivity index (χ1v) is 7.34. The first-order valence-electron chi connectivity index (χ1n) is 6.55. The molecule has 0 N–H and O–H groups in total. The molecule has 2 heterocycles. The van der Waals surface area contributed by atoms with Crippen LogP contribution >= 0.6 is 15.9 Å². The van der Waals surface area contributed by atoms with E-state index in [2.05, 4.69) is 15.9 Å². The minimum atomic E-state index is 0.630. The number of nitrogens with zero attached hydrogens (tertiary/aromatic N) is 1. The van der Waals surface area contributed by atoms with Crippen LogP contribution in [0.5, 0.6) is 5.75 Å². The van der Waals surface area contributed by atoms with Gasteiger partial charge in [0, 0.05) is 27.3 Å². The second-order valence-electron chi connectivity index (χ2n) is 4.91. The van der Waals surface area contributed by atoms with E-state index in [-0.39, 0.29) is 0 Å². The van der Waals surface area contributed by atoms with Gasteiger partial charge >= 0.3 is 0 Å². The summed E-state index contributed by atoms with van der Waals surface area (Å²) in [6.45, 7) is 2.01. The van der Waals surface area contributed by atoms with Crippen molar-refractivity contribution in [3.63, 3.8) is 0 Å². The lowest BCUT2D eigenvalue weighted by Crippen LogP contribution is -1.94. The summed E-state index contributed by atoms with van der Waals surface area (Å²) in [5.74, 6) is 0.744. The fourth-order valence-electron chi connectivity index (χ4n) is 2.52. The third kappa shape index (κ3) is 2.36. The number of ether oxygens (including phenoxy) is 1. The quantitative estimate of drug-likeness (QED) is 0.655. The van der Waals surface area contributed by atoms with Crippen LogP contribution in [0.1, 0.15) is 16.1 Å². The maximum atomic E-state index is 11.6. The van der Waals surface area contributed by atoms with Crippen LogP contribution in [-0.2, 0) is 0 Å². The zero-order valence-electron chi connectivity index (χ0n) is 11.8. The SMILES string of the molecule is COc1ccc(Br)cc1-c1cc2ccc(C)cn2c1C=O. The van der Waals surface area contributed by atoms with Crippen molar-refractivity contribution in [1.82, 2.24) is 4.40 Å². The van der Waals surface area contributed by atoms with Gasteiger partial charge in [-0.25, -0.2) is 0 Å². The standard InChI is InChI=1S/C17H14BrNO2/c1-11-3-5-13-8-14(16(10-20)19(13)9-11)15-7-12(18)4-6-17(15)21-2/h3-10H,1-2H3. The highest BCUT2D eigenvalue weighted by Crippen LogP contribution is 2.36. The first-order chi connectivity index (χ1) is 10.1. The number of aldehydes is 1. The summed E-state index contributed by atoms with van der Waals surface area (Å²) < 4.78 is 8.29. The van der Waals surface area contributed by atoms with Crippen molar-refractivity contribution in [1.29, 1.82) is 0 Å². The lowest BCUT2D eigenvalue weighted by atomic mass is 10.1. The lowest BCUT2D eigenvalue weighted by Gasteiger charge is -2.08. The summed E-state index contributed by atoms with van der Waals surface area (Å²) in [6, 6.07) is 11.8. The number of fused-ring (bicyclic) bond motifs is 1. The number of benzene rings is 1. The molecule has 3 aromatic rings. The number of hydrogen-bond acceptors (Lipinski definition) is 2. The zero-order chi connectivity index (χ0) is 15.0. The molecular formula is C17H14BrNO2. The molecule has 0 saturated carbocycles. The molecule has 0 saturated heterocycles. The highest BCUT2D eigenvalue weighted by Gasteiger charge is 2.15. The van der Waals surface area contributed by atoms with E-state index < -0.39 is 0 Å². The largest absolute Gasteiger partial charge is 0.496 e. The van der Waals surface area contributed by atoms with E-state index >= 15 is 0 Å². The van der Waals surface area contributed by atoms with Gasteiger partial charge in [-0.1, -0.05) is 22.0 Å². The summed E-state index contributed by atoms with van der Waals surface area (Å²) >= 11 is 3.47. The number of aromatic nitrogens is 1. The summed E-state index contributed by atoms with van der Waals surface area (Å²) in [5.41, 5.74) is 4.49. The lowest BCUT2D eigenvalue weighted by molar-refractivity contribution is 0.111. The van der Waals surface area contributed by atoms with Crippen LogP contribution in [0.3, 0.4) is 0 Å². The maximum absolute atomic E-state index is 11.6. The number of halogens is 1. The Bertz CT molecular complexity index is 836. The summed E-state index contributed by atoms with van der Waals surface area (Å²) in [7, 11) is 1.63.